The van der Waals surface area contributed by atoms with Crippen LogP contribution in [0.2, 0.25) is 0 Å². The van der Waals surface area contributed by atoms with E-state index in [1.807, 2.05) is 12.1 Å². The van der Waals surface area contributed by atoms with E-state index in [-0.39, 0.29) is 5.75 Å². The van der Waals surface area contributed by atoms with Gasteiger partial charge in [-0.1, -0.05) is 31.2 Å². The summed E-state index contributed by atoms with van der Waals surface area (Å²) in [6.07, 6.45) is 4.17. The number of benzene rings is 2. The van der Waals surface area contributed by atoms with Gasteiger partial charge < -0.3 is 4.74 Å². The van der Waals surface area contributed by atoms with Crippen LogP contribution in [0.4, 0.5) is 4.39 Å². The third-order valence-electron chi connectivity index (χ3n) is 3.04. The van der Waals surface area contributed by atoms with Crippen LogP contribution >= 0.6 is 0 Å². The molecule has 0 fully saturated rings. The predicted octanol–water partition coefficient (Wildman–Crippen LogP) is 3.85. The maximum Gasteiger partial charge on any atom is 0.165 e. The summed E-state index contributed by atoms with van der Waals surface area (Å²) in [5, 5.41) is 7.87. The molecule has 0 radical (unpaired) electrons. The molecule has 0 amide bonds. The Morgan fingerprint density at radius 1 is 1.00 bits per heavy atom. The number of rotatable bonds is 5. The Morgan fingerprint density at radius 3 is 2.19 bits per heavy atom. The van der Waals surface area contributed by atoms with Crippen molar-refractivity contribution in [3.8, 4) is 5.75 Å². The molecule has 3 nitrogen and oxygen atoms in total. The molecule has 2 rings (SSSR count). The number of hydrogen-bond acceptors (Lipinski definition) is 3. The van der Waals surface area contributed by atoms with Gasteiger partial charge in [0, 0.05) is 0 Å². The van der Waals surface area contributed by atoms with Crippen molar-refractivity contribution in [1.82, 2.24) is 0 Å². The molecule has 0 aliphatic rings. The smallest absolute Gasteiger partial charge is 0.165 e. The van der Waals surface area contributed by atoms with Gasteiger partial charge in [-0.3, -0.25) is 0 Å². The minimum absolute atomic E-state index is 0.215. The first-order valence-corrected chi connectivity index (χ1v) is 6.72. The van der Waals surface area contributed by atoms with E-state index >= 15 is 0 Å². The van der Waals surface area contributed by atoms with Crippen LogP contribution < -0.4 is 4.74 Å². The van der Waals surface area contributed by atoms with Gasteiger partial charge in [-0.15, -0.1) is 0 Å². The third kappa shape index (κ3) is 4.24. The van der Waals surface area contributed by atoms with E-state index in [0.717, 1.165) is 12.0 Å². The van der Waals surface area contributed by atoms with E-state index in [9.17, 15) is 4.39 Å². The second kappa shape index (κ2) is 7.33. The van der Waals surface area contributed by atoms with Crippen molar-refractivity contribution in [2.75, 3.05) is 7.11 Å². The van der Waals surface area contributed by atoms with Gasteiger partial charge in [0.15, 0.2) is 11.6 Å². The summed E-state index contributed by atoms with van der Waals surface area (Å²) in [4.78, 5) is 0. The molecule has 0 bridgehead atoms. The number of methoxy groups -OCH3 is 1. The number of halogens is 1. The van der Waals surface area contributed by atoms with Crippen LogP contribution in [-0.2, 0) is 6.42 Å². The molecule has 2 aromatic rings. The first-order chi connectivity index (χ1) is 10.2. The molecule has 2 aromatic carbocycles. The van der Waals surface area contributed by atoms with Gasteiger partial charge in [-0.05, 0) is 41.3 Å². The molecule has 4 heteroatoms. The number of hydrogen-bond donors (Lipinski definition) is 0. The Bertz CT molecular complexity index is 648. The Hall–Kier alpha value is -2.49. The second-order valence-corrected chi connectivity index (χ2v) is 4.48. The summed E-state index contributed by atoms with van der Waals surface area (Å²) in [6.45, 7) is 2.11. The molecule has 0 atom stereocenters. The number of ether oxygens (including phenoxy) is 1. The standard InChI is InChI=1S/C17H17FN2O/c1-3-13-4-6-14(7-5-13)11-19-20-12-15-8-9-17(21-2)16(18)10-15/h4-12H,3H2,1-2H3/b19-11+,20-12+. The van der Waals surface area contributed by atoms with E-state index in [1.165, 1.54) is 25.0 Å². The Balaban J connectivity index is 2.00. The SMILES string of the molecule is CCc1ccc(/C=N/N=C/c2ccc(OC)c(F)c2)cc1. The van der Waals surface area contributed by atoms with Gasteiger partial charge in [-0.2, -0.15) is 10.2 Å². The Labute approximate surface area is 123 Å². The second-order valence-electron chi connectivity index (χ2n) is 4.48. The number of nitrogens with zero attached hydrogens (tertiary/aromatic N) is 2. The first-order valence-electron chi connectivity index (χ1n) is 6.72. The lowest BCUT2D eigenvalue weighted by atomic mass is 10.1. The van der Waals surface area contributed by atoms with Crippen molar-refractivity contribution in [3.05, 3.63) is 65.0 Å². The van der Waals surface area contributed by atoms with E-state index in [2.05, 4.69) is 29.3 Å². The average molecular weight is 284 g/mol. The van der Waals surface area contributed by atoms with Crippen LogP contribution in [0.1, 0.15) is 23.6 Å². The topological polar surface area (TPSA) is 34.0 Å². The highest BCUT2D eigenvalue weighted by molar-refractivity contribution is 5.82. The van der Waals surface area contributed by atoms with Gasteiger partial charge in [0.05, 0.1) is 19.5 Å². The van der Waals surface area contributed by atoms with Gasteiger partial charge >= 0.3 is 0 Å². The maximum absolute atomic E-state index is 13.5. The lowest BCUT2D eigenvalue weighted by Gasteiger charge is -2.00. The van der Waals surface area contributed by atoms with Crippen molar-refractivity contribution >= 4 is 12.4 Å². The summed E-state index contributed by atoms with van der Waals surface area (Å²) < 4.78 is 18.3. The van der Waals surface area contributed by atoms with E-state index in [0.29, 0.717) is 5.56 Å². The van der Waals surface area contributed by atoms with Crippen molar-refractivity contribution in [1.29, 1.82) is 0 Å². The largest absolute Gasteiger partial charge is 0.494 e. The van der Waals surface area contributed by atoms with Gasteiger partial charge in [0.25, 0.3) is 0 Å². The van der Waals surface area contributed by atoms with Crippen molar-refractivity contribution in [3.63, 3.8) is 0 Å². The normalized spacial score (nSPS) is 11.4. The van der Waals surface area contributed by atoms with Crippen molar-refractivity contribution < 1.29 is 9.13 Å². The van der Waals surface area contributed by atoms with Crippen molar-refractivity contribution in [2.45, 2.75) is 13.3 Å². The van der Waals surface area contributed by atoms with Gasteiger partial charge in [0.1, 0.15) is 0 Å². The van der Waals surface area contributed by atoms with Crippen LogP contribution in [0, 0.1) is 5.82 Å². The Kier molecular flexibility index (Phi) is 5.21. The molecule has 0 aromatic heterocycles. The molecule has 0 aliphatic carbocycles. The fraction of sp³-hybridized carbons (Fsp3) is 0.176. The van der Waals surface area contributed by atoms with Gasteiger partial charge in [0.2, 0.25) is 0 Å². The van der Waals surface area contributed by atoms with Crippen LogP contribution in [0.15, 0.2) is 52.7 Å². The maximum atomic E-state index is 13.5. The van der Waals surface area contributed by atoms with E-state index in [4.69, 9.17) is 4.74 Å². The van der Waals surface area contributed by atoms with Crippen LogP contribution in [-0.4, -0.2) is 19.5 Å². The van der Waals surface area contributed by atoms with Gasteiger partial charge in [-0.25, -0.2) is 4.39 Å². The van der Waals surface area contributed by atoms with Crippen LogP contribution in [0.25, 0.3) is 0 Å². The summed E-state index contributed by atoms with van der Waals surface area (Å²) in [5.41, 5.74) is 2.89. The van der Waals surface area contributed by atoms with Crippen LogP contribution in [0.5, 0.6) is 5.75 Å². The molecule has 0 spiro atoms. The molecular formula is C17H17FN2O. The first kappa shape index (κ1) is 14.9. The highest BCUT2D eigenvalue weighted by atomic mass is 19.1. The zero-order valence-corrected chi connectivity index (χ0v) is 12.1. The Morgan fingerprint density at radius 2 is 1.62 bits per heavy atom. The third-order valence-corrected chi connectivity index (χ3v) is 3.04. The molecule has 0 aliphatic heterocycles. The average Bonchev–Trinajstić information content (AvgIpc) is 2.52. The molecule has 0 heterocycles. The molecule has 0 unspecified atom stereocenters. The fourth-order valence-corrected chi connectivity index (χ4v) is 1.80. The quantitative estimate of drug-likeness (QED) is 0.606. The van der Waals surface area contributed by atoms with Crippen molar-refractivity contribution in [2.24, 2.45) is 10.2 Å². The summed E-state index contributed by atoms with van der Waals surface area (Å²) >= 11 is 0. The molecule has 108 valence electrons. The monoisotopic (exact) mass is 284 g/mol. The van der Waals surface area contributed by atoms with Crippen LogP contribution in [0.3, 0.4) is 0 Å². The highest BCUT2D eigenvalue weighted by Gasteiger charge is 2.01. The summed E-state index contributed by atoms with van der Waals surface area (Å²) in [6, 6.07) is 12.7. The minimum atomic E-state index is -0.416. The number of aryl methyl sites for hydroxylation is 1. The fourth-order valence-electron chi connectivity index (χ4n) is 1.80. The van der Waals surface area contributed by atoms with E-state index in [1.54, 1.807) is 18.3 Å². The zero-order chi connectivity index (χ0) is 15.1. The molecular weight excluding hydrogens is 267 g/mol. The molecule has 0 N–H and O–H groups in total. The van der Waals surface area contributed by atoms with E-state index < -0.39 is 5.82 Å². The predicted molar refractivity (Wildman–Crippen MR) is 84.0 cm³/mol. The summed E-state index contributed by atoms with van der Waals surface area (Å²) in [5.74, 6) is -0.202. The summed E-state index contributed by atoms with van der Waals surface area (Å²) in [7, 11) is 1.43. The highest BCUT2D eigenvalue weighted by Crippen LogP contribution is 2.16. The lowest BCUT2D eigenvalue weighted by Crippen LogP contribution is -1.90. The molecule has 21 heavy (non-hydrogen) atoms. The molecule has 0 saturated carbocycles. The lowest BCUT2D eigenvalue weighted by molar-refractivity contribution is 0.386. The zero-order valence-electron chi connectivity index (χ0n) is 12.1. The molecule has 0 saturated heterocycles. The minimum Gasteiger partial charge on any atom is -0.494 e.